The molecule has 1 aromatic carbocycles. The zero-order valence-electron chi connectivity index (χ0n) is 17.4. The number of nitrogens with one attached hydrogen (secondary N) is 2. The molecule has 9 heteroatoms. The molecule has 0 saturated carbocycles. The summed E-state index contributed by atoms with van der Waals surface area (Å²) in [5, 5.41) is 7.60. The lowest BCUT2D eigenvalue weighted by molar-refractivity contribution is 0.585. The monoisotopic (exact) mass is 426 g/mol. The van der Waals surface area contributed by atoms with Crippen molar-refractivity contribution in [3.05, 3.63) is 54.0 Å². The van der Waals surface area contributed by atoms with Crippen molar-refractivity contribution < 1.29 is 8.42 Å². The summed E-state index contributed by atoms with van der Waals surface area (Å²) in [6.45, 7) is 7.36. The molecule has 0 bridgehead atoms. The molecule has 0 radical (unpaired) electrons. The molecule has 2 aromatic heterocycles. The number of piperazine rings is 1. The van der Waals surface area contributed by atoms with Crippen molar-refractivity contribution >= 4 is 21.5 Å². The molecule has 30 heavy (non-hydrogen) atoms. The maximum absolute atomic E-state index is 12.9. The normalized spacial score (nSPS) is 14.7. The second-order valence-electron chi connectivity index (χ2n) is 7.44. The molecule has 0 atom stereocenters. The summed E-state index contributed by atoms with van der Waals surface area (Å²) >= 11 is 0. The van der Waals surface area contributed by atoms with E-state index in [9.17, 15) is 8.42 Å². The number of hydrogen-bond acceptors (Lipinski definition) is 6. The van der Waals surface area contributed by atoms with E-state index < -0.39 is 10.0 Å². The molecule has 0 amide bonds. The van der Waals surface area contributed by atoms with Gasteiger partial charge in [-0.05, 0) is 49.2 Å². The van der Waals surface area contributed by atoms with Crippen LogP contribution < -0.4 is 14.9 Å². The summed E-state index contributed by atoms with van der Waals surface area (Å²) in [5.41, 5.74) is 3.89. The lowest BCUT2D eigenvalue weighted by Crippen LogP contribution is -2.43. The van der Waals surface area contributed by atoms with Crippen molar-refractivity contribution in [3.8, 4) is 11.1 Å². The smallest absolute Gasteiger partial charge is 0.262 e. The Hall–Kier alpha value is -2.91. The van der Waals surface area contributed by atoms with Crippen molar-refractivity contribution in [1.82, 2.24) is 20.1 Å². The van der Waals surface area contributed by atoms with Crippen LogP contribution in [0.5, 0.6) is 0 Å². The molecule has 2 N–H and O–H groups in total. The number of anilines is 2. The molecule has 4 rings (SSSR count). The topological polar surface area (TPSA) is 92.1 Å². The zero-order valence-corrected chi connectivity index (χ0v) is 18.2. The molecule has 8 nitrogen and oxygen atoms in total. The van der Waals surface area contributed by atoms with Crippen molar-refractivity contribution in [2.45, 2.75) is 18.7 Å². The van der Waals surface area contributed by atoms with Crippen LogP contribution >= 0.6 is 0 Å². The van der Waals surface area contributed by atoms with Gasteiger partial charge in [-0.1, -0.05) is 12.1 Å². The van der Waals surface area contributed by atoms with Crippen LogP contribution in [-0.2, 0) is 17.1 Å². The molecular formula is C21H26N6O2S. The Morgan fingerprint density at radius 3 is 2.37 bits per heavy atom. The Bertz CT molecular complexity index is 1150. The van der Waals surface area contributed by atoms with Crippen LogP contribution in [0.15, 0.2) is 47.5 Å². The van der Waals surface area contributed by atoms with Gasteiger partial charge in [0, 0.05) is 39.4 Å². The Morgan fingerprint density at radius 1 is 1.03 bits per heavy atom. The number of aromatic nitrogens is 3. The fourth-order valence-electron chi connectivity index (χ4n) is 3.61. The van der Waals surface area contributed by atoms with Gasteiger partial charge in [-0.2, -0.15) is 5.10 Å². The molecule has 1 aliphatic rings. The molecule has 1 aliphatic heterocycles. The molecule has 158 valence electrons. The van der Waals surface area contributed by atoms with Gasteiger partial charge in [0.05, 0.1) is 22.0 Å². The van der Waals surface area contributed by atoms with Crippen molar-refractivity contribution in [1.29, 1.82) is 0 Å². The van der Waals surface area contributed by atoms with Crippen molar-refractivity contribution in [3.63, 3.8) is 0 Å². The second-order valence-corrected chi connectivity index (χ2v) is 9.12. The Kier molecular flexibility index (Phi) is 5.48. The lowest BCUT2D eigenvalue weighted by atomic mass is 10.1. The Labute approximate surface area is 177 Å². The quantitative estimate of drug-likeness (QED) is 0.651. The number of aryl methyl sites for hydroxylation is 2. The van der Waals surface area contributed by atoms with Gasteiger partial charge >= 0.3 is 0 Å². The molecule has 0 spiro atoms. The van der Waals surface area contributed by atoms with Crippen LogP contribution in [0.1, 0.15) is 11.4 Å². The Balaban J connectivity index is 1.57. The maximum atomic E-state index is 12.9. The largest absolute Gasteiger partial charge is 0.354 e. The molecule has 3 aromatic rings. The number of sulfonamides is 1. The summed E-state index contributed by atoms with van der Waals surface area (Å²) in [5.74, 6) is 0.940. The van der Waals surface area contributed by atoms with E-state index in [1.807, 2.05) is 25.1 Å². The SMILES string of the molecule is Cc1nn(C)c(C)c1NS(=O)(=O)c1ccc(-c2ccnc(N3CCNCC3)c2)cc1. The highest BCUT2D eigenvalue weighted by molar-refractivity contribution is 7.92. The summed E-state index contributed by atoms with van der Waals surface area (Å²) in [7, 11) is -1.91. The fraction of sp³-hybridized carbons (Fsp3) is 0.333. The summed E-state index contributed by atoms with van der Waals surface area (Å²) in [4.78, 5) is 6.96. The highest BCUT2D eigenvalue weighted by Gasteiger charge is 2.19. The minimum absolute atomic E-state index is 0.213. The Morgan fingerprint density at radius 2 is 1.73 bits per heavy atom. The van der Waals surface area contributed by atoms with Gasteiger partial charge in [0.2, 0.25) is 0 Å². The first kappa shape index (κ1) is 20.4. The highest BCUT2D eigenvalue weighted by atomic mass is 32.2. The van der Waals surface area contributed by atoms with E-state index in [1.54, 1.807) is 37.0 Å². The first-order valence-electron chi connectivity index (χ1n) is 9.90. The average molecular weight is 427 g/mol. The number of benzene rings is 1. The number of nitrogens with zero attached hydrogens (tertiary/aromatic N) is 4. The molecule has 0 aliphatic carbocycles. The number of pyridine rings is 1. The highest BCUT2D eigenvalue weighted by Crippen LogP contribution is 2.26. The van der Waals surface area contributed by atoms with Crippen molar-refractivity contribution in [2.24, 2.45) is 7.05 Å². The van der Waals surface area contributed by atoms with Crippen LogP contribution in [0.2, 0.25) is 0 Å². The number of rotatable bonds is 5. The molecular weight excluding hydrogens is 400 g/mol. The first-order chi connectivity index (χ1) is 14.3. The van der Waals surface area contributed by atoms with E-state index in [0.29, 0.717) is 11.4 Å². The van der Waals surface area contributed by atoms with E-state index >= 15 is 0 Å². The van der Waals surface area contributed by atoms with Gasteiger partial charge in [-0.25, -0.2) is 13.4 Å². The first-order valence-corrected chi connectivity index (χ1v) is 11.4. The predicted octanol–water partition coefficient (Wildman–Crippen LogP) is 2.31. The van der Waals surface area contributed by atoms with Gasteiger partial charge < -0.3 is 10.2 Å². The van der Waals surface area contributed by atoms with Crippen LogP contribution in [0.25, 0.3) is 11.1 Å². The van der Waals surface area contributed by atoms with Crippen LogP contribution in [-0.4, -0.2) is 49.4 Å². The van der Waals surface area contributed by atoms with Gasteiger partial charge in [0.15, 0.2) is 0 Å². The minimum atomic E-state index is -3.70. The van der Waals surface area contributed by atoms with Crippen LogP contribution in [0.4, 0.5) is 11.5 Å². The fourth-order valence-corrected chi connectivity index (χ4v) is 4.78. The molecule has 1 fully saturated rings. The number of hydrogen-bond donors (Lipinski definition) is 2. The molecule has 0 unspecified atom stereocenters. The predicted molar refractivity (Wildman–Crippen MR) is 118 cm³/mol. The minimum Gasteiger partial charge on any atom is -0.354 e. The van der Waals surface area contributed by atoms with Crippen LogP contribution in [0, 0.1) is 13.8 Å². The van der Waals surface area contributed by atoms with E-state index in [0.717, 1.165) is 48.8 Å². The third kappa shape index (κ3) is 4.03. The molecule has 1 saturated heterocycles. The third-order valence-electron chi connectivity index (χ3n) is 5.43. The van der Waals surface area contributed by atoms with Gasteiger partial charge in [0.25, 0.3) is 10.0 Å². The standard InChI is InChI=1S/C21H26N6O2S/c1-15-21(16(2)26(3)24-15)25-30(28,29)19-6-4-17(5-7-19)18-8-9-23-20(14-18)27-12-10-22-11-13-27/h4-9,14,22,25H,10-13H2,1-3H3. The third-order valence-corrected chi connectivity index (χ3v) is 6.80. The van der Waals surface area contributed by atoms with E-state index in [2.05, 4.69) is 31.1 Å². The van der Waals surface area contributed by atoms with E-state index in [1.165, 1.54) is 0 Å². The average Bonchev–Trinajstić information content (AvgIpc) is 3.00. The lowest BCUT2D eigenvalue weighted by Gasteiger charge is -2.28. The van der Waals surface area contributed by atoms with Crippen LogP contribution in [0.3, 0.4) is 0 Å². The summed E-state index contributed by atoms with van der Waals surface area (Å²) in [6.07, 6.45) is 1.80. The van der Waals surface area contributed by atoms with Gasteiger partial charge in [-0.3, -0.25) is 9.40 Å². The van der Waals surface area contributed by atoms with Gasteiger partial charge in [0.1, 0.15) is 5.82 Å². The van der Waals surface area contributed by atoms with Gasteiger partial charge in [-0.15, -0.1) is 0 Å². The summed E-state index contributed by atoms with van der Waals surface area (Å²) in [6, 6.07) is 10.9. The maximum Gasteiger partial charge on any atom is 0.262 e. The zero-order chi connectivity index (χ0) is 21.3. The van der Waals surface area contributed by atoms with E-state index in [4.69, 9.17) is 0 Å². The van der Waals surface area contributed by atoms with Crippen molar-refractivity contribution in [2.75, 3.05) is 35.8 Å². The summed E-state index contributed by atoms with van der Waals surface area (Å²) < 4.78 is 30.0. The van der Waals surface area contributed by atoms with E-state index in [-0.39, 0.29) is 4.90 Å². The molecule has 3 heterocycles. The second kappa shape index (κ2) is 8.08.